The van der Waals surface area contributed by atoms with Crippen molar-refractivity contribution in [3.05, 3.63) is 0 Å². The Morgan fingerprint density at radius 2 is 2.00 bits per heavy atom. The van der Waals surface area contributed by atoms with Crippen LogP contribution in [0.25, 0.3) is 0 Å². The van der Waals surface area contributed by atoms with Crippen LogP contribution in [0.3, 0.4) is 0 Å². The molecule has 0 aromatic rings. The van der Waals surface area contributed by atoms with Gasteiger partial charge in [0.25, 0.3) is 0 Å². The predicted octanol–water partition coefficient (Wildman–Crippen LogP) is 0.731. The minimum absolute atomic E-state index is 0.0852. The second kappa shape index (κ2) is 6.48. The van der Waals surface area contributed by atoms with Crippen molar-refractivity contribution in [2.75, 3.05) is 6.54 Å². The lowest BCUT2D eigenvalue weighted by atomic mass is 9.98. The summed E-state index contributed by atoms with van der Waals surface area (Å²) in [4.78, 5) is 22.2. The smallest absolute Gasteiger partial charge is 0.305 e. The van der Waals surface area contributed by atoms with E-state index in [1.165, 1.54) is 0 Å². The van der Waals surface area contributed by atoms with Crippen molar-refractivity contribution in [3.8, 4) is 0 Å². The number of aliphatic carboxylic acids is 1. The van der Waals surface area contributed by atoms with Crippen molar-refractivity contribution in [3.63, 3.8) is 0 Å². The molecule has 16 heavy (non-hydrogen) atoms. The van der Waals surface area contributed by atoms with Crippen molar-refractivity contribution < 1.29 is 14.7 Å². The lowest BCUT2D eigenvalue weighted by Gasteiger charge is -2.25. The lowest BCUT2D eigenvalue weighted by Crippen LogP contribution is -2.45. The highest BCUT2D eigenvalue weighted by Crippen LogP contribution is 2.11. The first kappa shape index (κ1) is 14.9. The molecule has 0 aliphatic rings. The monoisotopic (exact) mass is 230 g/mol. The second-order valence-corrected chi connectivity index (χ2v) is 4.72. The van der Waals surface area contributed by atoms with Crippen LogP contribution < -0.4 is 11.1 Å². The summed E-state index contributed by atoms with van der Waals surface area (Å²) in [6.07, 6.45) is 1.12. The van der Waals surface area contributed by atoms with Crippen LogP contribution in [0.1, 0.15) is 40.0 Å². The summed E-state index contributed by atoms with van der Waals surface area (Å²) in [5.41, 5.74) is 4.79. The molecule has 1 atom stereocenters. The van der Waals surface area contributed by atoms with Crippen LogP contribution in [0.15, 0.2) is 0 Å². The van der Waals surface area contributed by atoms with Gasteiger partial charge < -0.3 is 16.2 Å². The molecule has 0 bridgehead atoms. The van der Waals surface area contributed by atoms with Crippen LogP contribution in [0, 0.1) is 5.92 Å². The molecule has 1 amide bonds. The molecule has 5 nitrogen and oxygen atoms in total. The van der Waals surface area contributed by atoms with Gasteiger partial charge >= 0.3 is 5.97 Å². The standard InChI is InChI=1S/C11H22N2O3/c1-4-8(7-12)5-9(14)13-11(2,3)6-10(15)16/h8H,4-7,12H2,1-3H3,(H,13,14)(H,15,16). The van der Waals surface area contributed by atoms with Gasteiger partial charge in [-0.05, 0) is 26.3 Å². The maximum atomic E-state index is 11.6. The fourth-order valence-corrected chi connectivity index (χ4v) is 1.51. The number of hydrogen-bond donors (Lipinski definition) is 3. The van der Waals surface area contributed by atoms with Crippen molar-refractivity contribution in [2.24, 2.45) is 11.7 Å². The molecule has 5 heteroatoms. The average Bonchev–Trinajstić information content (AvgIpc) is 2.10. The molecule has 1 unspecified atom stereocenters. The number of carbonyl (C=O) groups is 2. The third kappa shape index (κ3) is 6.40. The topological polar surface area (TPSA) is 92.4 Å². The first-order valence-corrected chi connectivity index (χ1v) is 5.53. The number of carboxylic acid groups (broad SMARTS) is 1. The molecule has 0 saturated carbocycles. The molecule has 0 spiro atoms. The Morgan fingerprint density at radius 1 is 1.44 bits per heavy atom. The Bertz CT molecular complexity index is 248. The molecule has 0 heterocycles. The molecule has 0 fully saturated rings. The van der Waals surface area contributed by atoms with Crippen LogP contribution in [-0.4, -0.2) is 29.1 Å². The van der Waals surface area contributed by atoms with Crippen molar-refractivity contribution in [2.45, 2.75) is 45.6 Å². The Balaban J connectivity index is 4.17. The van der Waals surface area contributed by atoms with E-state index in [0.29, 0.717) is 13.0 Å². The van der Waals surface area contributed by atoms with E-state index in [0.717, 1.165) is 6.42 Å². The molecule has 94 valence electrons. The molecular weight excluding hydrogens is 208 g/mol. The quantitative estimate of drug-likeness (QED) is 0.601. The zero-order valence-electron chi connectivity index (χ0n) is 10.2. The maximum absolute atomic E-state index is 11.6. The van der Waals surface area contributed by atoms with E-state index in [1.807, 2.05) is 6.92 Å². The number of amides is 1. The summed E-state index contributed by atoms with van der Waals surface area (Å²) in [6.45, 7) is 5.85. The molecule has 0 aliphatic heterocycles. The highest BCUT2D eigenvalue weighted by molar-refractivity contribution is 5.78. The van der Waals surface area contributed by atoms with Crippen LogP contribution >= 0.6 is 0 Å². The SMILES string of the molecule is CCC(CN)CC(=O)NC(C)(C)CC(=O)O. The van der Waals surface area contributed by atoms with Crippen LogP contribution in [0.4, 0.5) is 0 Å². The van der Waals surface area contributed by atoms with E-state index in [2.05, 4.69) is 5.32 Å². The van der Waals surface area contributed by atoms with Crippen molar-refractivity contribution in [1.82, 2.24) is 5.32 Å². The largest absolute Gasteiger partial charge is 0.481 e. The molecule has 0 aromatic heterocycles. The van der Waals surface area contributed by atoms with E-state index in [4.69, 9.17) is 10.8 Å². The average molecular weight is 230 g/mol. The van der Waals surface area contributed by atoms with Crippen LogP contribution in [0.2, 0.25) is 0 Å². The zero-order chi connectivity index (χ0) is 12.8. The van der Waals surface area contributed by atoms with Gasteiger partial charge in [-0.15, -0.1) is 0 Å². The molecule has 0 aliphatic carbocycles. The lowest BCUT2D eigenvalue weighted by molar-refractivity contribution is -0.138. The summed E-state index contributed by atoms with van der Waals surface area (Å²) in [6, 6.07) is 0. The molecular formula is C11H22N2O3. The number of rotatable bonds is 7. The first-order valence-electron chi connectivity index (χ1n) is 5.53. The summed E-state index contributed by atoms with van der Waals surface area (Å²) < 4.78 is 0. The van der Waals surface area contributed by atoms with E-state index in [-0.39, 0.29) is 18.2 Å². The normalized spacial score (nSPS) is 13.2. The molecule has 0 radical (unpaired) electrons. The maximum Gasteiger partial charge on any atom is 0.305 e. The van der Waals surface area contributed by atoms with Gasteiger partial charge in [0.05, 0.1) is 6.42 Å². The van der Waals surface area contributed by atoms with Gasteiger partial charge in [0.15, 0.2) is 0 Å². The van der Waals surface area contributed by atoms with E-state index < -0.39 is 11.5 Å². The Kier molecular flexibility index (Phi) is 6.03. The predicted molar refractivity (Wildman–Crippen MR) is 61.9 cm³/mol. The van der Waals surface area contributed by atoms with Gasteiger partial charge in [0, 0.05) is 12.0 Å². The summed E-state index contributed by atoms with van der Waals surface area (Å²) in [7, 11) is 0. The number of nitrogens with one attached hydrogen (secondary N) is 1. The van der Waals surface area contributed by atoms with Gasteiger partial charge in [-0.25, -0.2) is 0 Å². The van der Waals surface area contributed by atoms with E-state index >= 15 is 0 Å². The molecule has 4 N–H and O–H groups in total. The molecule has 0 saturated heterocycles. The van der Waals surface area contributed by atoms with Gasteiger partial charge in [-0.1, -0.05) is 13.3 Å². The van der Waals surface area contributed by atoms with Crippen molar-refractivity contribution >= 4 is 11.9 Å². The fourth-order valence-electron chi connectivity index (χ4n) is 1.51. The third-order valence-corrected chi connectivity index (χ3v) is 2.46. The van der Waals surface area contributed by atoms with Crippen molar-refractivity contribution in [1.29, 1.82) is 0 Å². The summed E-state index contributed by atoms with van der Waals surface area (Å²) in [5.74, 6) is -0.889. The number of nitrogens with two attached hydrogens (primary N) is 1. The second-order valence-electron chi connectivity index (χ2n) is 4.72. The molecule has 0 rings (SSSR count). The Hall–Kier alpha value is -1.10. The number of carboxylic acids is 1. The number of carbonyl (C=O) groups excluding carboxylic acids is 1. The van der Waals surface area contributed by atoms with Gasteiger partial charge in [-0.2, -0.15) is 0 Å². The third-order valence-electron chi connectivity index (χ3n) is 2.46. The minimum Gasteiger partial charge on any atom is -0.481 e. The van der Waals surface area contributed by atoms with Gasteiger partial charge in [0.1, 0.15) is 0 Å². The zero-order valence-corrected chi connectivity index (χ0v) is 10.2. The minimum atomic E-state index is -0.920. The van der Waals surface area contributed by atoms with E-state index in [9.17, 15) is 9.59 Å². The summed E-state index contributed by atoms with van der Waals surface area (Å²) >= 11 is 0. The van der Waals surface area contributed by atoms with E-state index in [1.54, 1.807) is 13.8 Å². The van der Waals surface area contributed by atoms with Gasteiger partial charge in [0.2, 0.25) is 5.91 Å². The van der Waals surface area contributed by atoms with Gasteiger partial charge in [-0.3, -0.25) is 9.59 Å². The Labute approximate surface area is 96.4 Å². The summed E-state index contributed by atoms with van der Waals surface area (Å²) in [5, 5.41) is 11.4. The highest BCUT2D eigenvalue weighted by atomic mass is 16.4. The first-order chi connectivity index (χ1) is 7.30. The number of hydrogen-bond acceptors (Lipinski definition) is 3. The Morgan fingerprint density at radius 3 is 2.38 bits per heavy atom. The van der Waals surface area contributed by atoms with Crippen LogP contribution in [-0.2, 0) is 9.59 Å². The van der Waals surface area contributed by atoms with Crippen LogP contribution in [0.5, 0.6) is 0 Å². The molecule has 0 aromatic carbocycles. The fraction of sp³-hybridized carbons (Fsp3) is 0.818. The highest BCUT2D eigenvalue weighted by Gasteiger charge is 2.24.